The predicted molar refractivity (Wildman–Crippen MR) is 86.2 cm³/mol. The van der Waals surface area contributed by atoms with Crippen LogP contribution in [0.2, 0.25) is 10.0 Å². The van der Waals surface area contributed by atoms with E-state index in [1.807, 2.05) is 24.3 Å². The minimum atomic E-state index is -0.228. The zero-order valence-electron chi connectivity index (χ0n) is 11.4. The standard InChI is InChI=1S/C16H13Cl2NO2/c1-2-21-14(20)8-9-3-4-10-13(7-9)19-12-6-5-11(17)16(18)15(10)12/h3-7,19H,2,8H2,1H3. The van der Waals surface area contributed by atoms with E-state index in [1.54, 1.807) is 13.0 Å². The third-order valence-corrected chi connectivity index (χ3v) is 4.18. The number of carbonyl (C=O) groups excluding carboxylic acids is 1. The monoisotopic (exact) mass is 321 g/mol. The maximum atomic E-state index is 11.5. The fraction of sp³-hybridized carbons (Fsp3) is 0.188. The number of esters is 1. The Kier molecular flexibility index (Phi) is 3.79. The van der Waals surface area contributed by atoms with Crippen molar-refractivity contribution in [3.8, 4) is 0 Å². The Morgan fingerprint density at radius 3 is 2.76 bits per heavy atom. The summed E-state index contributed by atoms with van der Waals surface area (Å²) in [6, 6.07) is 9.46. The van der Waals surface area contributed by atoms with Gasteiger partial charge in [0.05, 0.1) is 23.1 Å². The number of H-pyrrole nitrogens is 1. The zero-order chi connectivity index (χ0) is 15.0. The van der Waals surface area contributed by atoms with Crippen molar-refractivity contribution in [2.24, 2.45) is 0 Å². The first-order chi connectivity index (χ1) is 10.1. The van der Waals surface area contributed by atoms with Crippen molar-refractivity contribution >= 4 is 51.0 Å². The summed E-state index contributed by atoms with van der Waals surface area (Å²) in [5, 5.41) is 2.96. The van der Waals surface area contributed by atoms with Gasteiger partial charge in [-0.3, -0.25) is 4.79 Å². The first-order valence-corrected chi connectivity index (χ1v) is 7.39. The van der Waals surface area contributed by atoms with Gasteiger partial charge in [-0.1, -0.05) is 35.3 Å². The van der Waals surface area contributed by atoms with Crippen LogP contribution in [-0.4, -0.2) is 17.6 Å². The molecule has 0 fully saturated rings. The lowest BCUT2D eigenvalue weighted by Crippen LogP contribution is -2.07. The van der Waals surface area contributed by atoms with Gasteiger partial charge in [-0.25, -0.2) is 0 Å². The topological polar surface area (TPSA) is 42.1 Å². The number of aromatic nitrogens is 1. The van der Waals surface area contributed by atoms with Gasteiger partial charge in [0.1, 0.15) is 0 Å². The summed E-state index contributed by atoms with van der Waals surface area (Å²) >= 11 is 12.4. The van der Waals surface area contributed by atoms with Crippen LogP contribution in [0, 0.1) is 0 Å². The molecule has 0 aliphatic heterocycles. The van der Waals surface area contributed by atoms with Crippen molar-refractivity contribution in [1.82, 2.24) is 4.98 Å². The normalized spacial score (nSPS) is 11.2. The number of halogens is 2. The third kappa shape index (κ3) is 2.59. The summed E-state index contributed by atoms with van der Waals surface area (Å²) in [6.07, 6.45) is 0.258. The van der Waals surface area contributed by atoms with Gasteiger partial charge >= 0.3 is 5.97 Å². The van der Waals surface area contributed by atoms with Gasteiger partial charge in [0.25, 0.3) is 0 Å². The first-order valence-electron chi connectivity index (χ1n) is 6.64. The Bertz CT molecular complexity index is 839. The van der Waals surface area contributed by atoms with E-state index in [0.717, 1.165) is 27.4 Å². The molecule has 0 amide bonds. The van der Waals surface area contributed by atoms with Gasteiger partial charge in [0.2, 0.25) is 0 Å². The molecule has 0 saturated carbocycles. The van der Waals surface area contributed by atoms with E-state index in [0.29, 0.717) is 16.7 Å². The van der Waals surface area contributed by atoms with E-state index in [2.05, 4.69) is 4.98 Å². The number of benzene rings is 2. The van der Waals surface area contributed by atoms with Crippen molar-refractivity contribution in [2.75, 3.05) is 6.61 Å². The summed E-state index contributed by atoms with van der Waals surface area (Å²) in [4.78, 5) is 14.8. The lowest BCUT2D eigenvalue weighted by molar-refractivity contribution is -0.142. The van der Waals surface area contributed by atoms with Crippen LogP contribution >= 0.6 is 23.2 Å². The van der Waals surface area contributed by atoms with E-state index in [-0.39, 0.29) is 12.4 Å². The molecule has 0 spiro atoms. The van der Waals surface area contributed by atoms with Gasteiger partial charge in [0.15, 0.2) is 0 Å². The first kappa shape index (κ1) is 14.2. The summed E-state index contributed by atoms with van der Waals surface area (Å²) in [5.74, 6) is -0.228. The predicted octanol–water partition coefficient (Wildman–Crippen LogP) is 4.73. The van der Waals surface area contributed by atoms with Gasteiger partial charge in [0, 0.05) is 21.8 Å². The van der Waals surface area contributed by atoms with Gasteiger partial charge in [-0.05, 0) is 30.7 Å². The molecule has 0 atom stereocenters. The number of fused-ring (bicyclic) bond motifs is 3. The molecular weight excluding hydrogens is 309 g/mol. The lowest BCUT2D eigenvalue weighted by Gasteiger charge is -2.02. The largest absolute Gasteiger partial charge is 0.466 e. The maximum Gasteiger partial charge on any atom is 0.310 e. The molecule has 3 nitrogen and oxygen atoms in total. The molecule has 0 aliphatic rings. The van der Waals surface area contributed by atoms with Crippen LogP contribution in [0.4, 0.5) is 0 Å². The van der Waals surface area contributed by atoms with Crippen LogP contribution < -0.4 is 0 Å². The number of nitrogens with one attached hydrogen (secondary N) is 1. The zero-order valence-corrected chi connectivity index (χ0v) is 12.9. The van der Waals surface area contributed by atoms with E-state index in [1.165, 1.54) is 0 Å². The van der Waals surface area contributed by atoms with Crippen LogP contribution in [0.25, 0.3) is 21.8 Å². The second kappa shape index (κ2) is 5.58. The van der Waals surface area contributed by atoms with Crippen LogP contribution in [0.3, 0.4) is 0 Å². The fourth-order valence-corrected chi connectivity index (χ4v) is 2.89. The number of carbonyl (C=O) groups is 1. The van der Waals surface area contributed by atoms with E-state index < -0.39 is 0 Å². The molecule has 0 unspecified atom stereocenters. The Morgan fingerprint density at radius 2 is 2.00 bits per heavy atom. The molecule has 2 aromatic carbocycles. The van der Waals surface area contributed by atoms with Gasteiger partial charge in [-0.2, -0.15) is 0 Å². The second-order valence-electron chi connectivity index (χ2n) is 4.77. The van der Waals surface area contributed by atoms with Gasteiger partial charge < -0.3 is 9.72 Å². The van der Waals surface area contributed by atoms with Crippen molar-refractivity contribution in [3.05, 3.63) is 45.9 Å². The number of hydrogen-bond donors (Lipinski definition) is 1. The van der Waals surface area contributed by atoms with Crippen LogP contribution in [-0.2, 0) is 16.0 Å². The molecule has 1 aromatic heterocycles. The lowest BCUT2D eigenvalue weighted by atomic mass is 10.1. The van der Waals surface area contributed by atoms with Crippen LogP contribution in [0.5, 0.6) is 0 Å². The molecule has 0 bridgehead atoms. The SMILES string of the molecule is CCOC(=O)Cc1ccc2c(c1)[nH]c1ccc(Cl)c(Cl)c12. The Balaban J connectivity index is 2.09. The van der Waals surface area contributed by atoms with E-state index >= 15 is 0 Å². The van der Waals surface area contributed by atoms with E-state index in [4.69, 9.17) is 27.9 Å². The number of rotatable bonds is 3. The van der Waals surface area contributed by atoms with Crippen LogP contribution in [0.1, 0.15) is 12.5 Å². The Morgan fingerprint density at radius 1 is 1.19 bits per heavy atom. The second-order valence-corrected chi connectivity index (χ2v) is 5.56. The summed E-state index contributed by atoms with van der Waals surface area (Å²) < 4.78 is 4.96. The highest BCUT2D eigenvalue weighted by Crippen LogP contribution is 2.36. The summed E-state index contributed by atoms with van der Waals surface area (Å²) in [7, 11) is 0. The quantitative estimate of drug-likeness (QED) is 0.708. The van der Waals surface area contributed by atoms with Crippen molar-refractivity contribution < 1.29 is 9.53 Å². The summed E-state index contributed by atoms with van der Waals surface area (Å²) in [5.41, 5.74) is 2.75. The van der Waals surface area contributed by atoms with Crippen molar-refractivity contribution in [3.63, 3.8) is 0 Å². The molecule has 0 saturated heterocycles. The fourth-order valence-electron chi connectivity index (χ4n) is 2.46. The van der Waals surface area contributed by atoms with Crippen molar-refractivity contribution in [1.29, 1.82) is 0 Å². The summed E-state index contributed by atoms with van der Waals surface area (Å²) in [6.45, 7) is 2.19. The average molecular weight is 322 g/mol. The molecule has 5 heteroatoms. The third-order valence-electron chi connectivity index (χ3n) is 3.37. The van der Waals surface area contributed by atoms with Crippen LogP contribution in [0.15, 0.2) is 30.3 Å². The number of aromatic amines is 1. The Hall–Kier alpha value is -1.71. The van der Waals surface area contributed by atoms with Crippen molar-refractivity contribution in [2.45, 2.75) is 13.3 Å². The molecule has 3 rings (SSSR count). The highest BCUT2D eigenvalue weighted by molar-refractivity contribution is 6.46. The maximum absolute atomic E-state index is 11.5. The number of hydrogen-bond acceptors (Lipinski definition) is 2. The molecule has 1 N–H and O–H groups in total. The highest BCUT2D eigenvalue weighted by Gasteiger charge is 2.12. The molecule has 3 aromatic rings. The van der Waals surface area contributed by atoms with E-state index in [9.17, 15) is 4.79 Å². The molecular formula is C16H13Cl2NO2. The molecule has 21 heavy (non-hydrogen) atoms. The minimum Gasteiger partial charge on any atom is -0.466 e. The molecule has 108 valence electrons. The molecule has 1 heterocycles. The highest BCUT2D eigenvalue weighted by atomic mass is 35.5. The Labute approximate surface area is 131 Å². The molecule has 0 radical (unpaired) electrons. The molecule has 0 aliphatic carbocycles. The average Bonchev–Trinajstić information content (AvgIpc) is 2.81. The minimum absolute atomic E-state index is 0.228. The number of ether oxygens (including phenoxy) is 1. The smallest absolute Gasteiger partial charge is 0.310 e. The van der Waals surface area contributed by atoms with Gasteiger partial charge in [-0.15, -0.1) is 0 Å².